The van der Waals surface area contributed by atoms with Crippen molar-refractivity contribution >= 4 is 52.1 Å². The maximum atomic E-state index is 14.1. The summed E-state index contributed by atoms with van der Waals surface area (Å²) in [6.07, 6.45) is 0.0307. The monoisotopic (exact) mass is 599 g/mol. The molecule has 1 amide bonds. The van der Waals surface area contributed by atoms with Gasteiger partial charge in [-0.25, -0.2) is 8.78 Å². The van der Waals surface area contributed by atoms with Crippen molar-refractivity contribution in [3.8, 4) is 11.5 Å². The molecule has 0 aliphatic heterocycles. The number of rotatable bonds is 6. The molecule has 5 rings (SSSR count). The highest BCUT2D eigenvalue weighted by Gasteiger charge is 2.32. The third kappa shape index (κ3) is 5.88. The molecule has 13 heteroatoms. The summed E-state index contributed by atoms with van der Waals surface area (Å²) in [5.74, 6) is -3.33. The summed E-state index contributed by atoms with van der Waals surface area (Å²) < 4.78 is 75.6. The maximum Gasteiger partial charge on any atom is 0.416 e. The highest BCUT2D eigenvalue weighted by Crippen LogP contribution is 2.44. The zero-order chi connectivity index (χ0) is 30.2. The quantitative estimate of drug-likeness (QED) is 0.195. The molecule has 214 valence electrons. The van der Waals surface area contributed by atoms with Gasteiger partial charge in [-0.15, -0.1) is 0 Å². The van der Waals surface area contributed by atoms with Gasteiger partial charge in [0.25, 0.3) is 5.91 Å². The molecule has 42 heavy (non-hydrogen) atoms. The van der Waals surface area contributed by atoms with Crippen molar-refractivity contribution in [1.29, 1.82) is 0 Å². The second-order valence-corrected chi connectivity index (χ2v) is 9.43. The van der Waals surface area contributed by atoms with Gasteiger partial charge in [-0.2, -0.15) is 18.3 Å². The molecule has 0 aliphatic carbocycles. The Labute approximate surface area is 240 Å². The molecular formula is C29H19ClF5N5O2. The third-order valence-electron chi connectivity index (χ3n) is 6.08. The predicted molar refractivity (Wildman–Crippen MR) is 149 cm³/mol. The van der Waals surface area contributed by atoms with Crippen molar-refractivity contribution in [2.24, 2.45) is 7.05 Å². The third-order valence-corrected chi connectivity index (χ3v) is 6.39. The second-order valence-electron chi connectivity index (χ2n) is 9.02. The summed E-state index contributed by atoms with van der Waals surface area (Å²) >= 11 is 6.23. The molecule has 7 nitrogen and oxygen atoms in total. The van der Waals surface area contributed by atoms with Crippen LogP contribution in [-0.4, -0.2) is 20.7 Å². The van der Waals surface area contributed by atoms with Crippen molar-refractivity contribution in [2.45, 2.75) is 6.18 Å². The Morgan fingerprint density at radius 1 is 1.05 bits per heavy atom. The topological polar surface area (TPSA) is 95.1 Å². The summed E-state index contributed by atoms with van der Waals surface area (Å²) in [4.78, 5) is 17.5. The van der Waals surface area contributed by atoms with Crippen LogP contribution in [0.3, 0.4) is 0 Å². The number of hydrogen-bond donors (Lipinski definition) is 2. The van der Waals surface area contributed by atoms with Crippen LogP contribution in [-0.2, 0) is 13.2 Å². The number of aryl methyl sites for hydroxylation is 1. The van der Waals surface area contributed by atoms with Crippen LogP contribution in [0.25, 0.3) is 23.1 Å². The van der Waals surface area contributed by atoms with Gasteiger partial charge in [0, 0.05) is 30.4 Å². The number of hydrogen-bond acceptors (Lipinski definition) is 5. The smallest absolute Gasteiger partial charge is 0.416 e. The highest BCUT2D eigenvalue weighted by atomic mass is 35.5. The van der Waals surface area contributed by atoms with E-state index in [-0.39, 0.29) is 39.5 Å². The maximum absolute atomic E-state index is 14.1. The van der Waals surface area contributed by atoms with E-state index >= 15 is 0 Å². The van der Waals surface area contributed by atoms with Gasteiger partial charge in [-0.1, -0.05) is 23.7 Å². The molecule has 5 aromatic rings. The Morgan fingerprint density at radius 3 is 2.55 bits per heavy atom. The molecular weight excluding hydrogens is 581 g/mol. The number of amides is 1. The highest BCUT2D eigenvalue weighted by molar-refractivity contribution is 6.32. The summed E-state index contributed by atoms with van der Waals surface area (Å²) in [6, 6.07) is 11.5. The number of nitrogens with zero attached hydrogens (tertiary/aromatic N) is 3. The van der Waals surface area contributed by atoms with Gasteiger partial charge in [0.1, 0.15) is 17.4 Å². The van der Waals surface area contributed by atoms with Crippen molar-refractivity contribution in [1.82, 2.24) is 14.8 Å². The molecule has 3 aromatic carbocycles. The number of carbonyl (C=O) groups is 1. The predicted octanol–water partition coefficient (Wildman–Crippen LogP) is 7.72. The van der Waals surface area contributed by atoms with Crippen LogP contribution < -0.4 is 15.8 Å². The zero-order valence-corrected chi connectivity index (χ0v) is 22.3. The van der Waals surface area contributed by atoms with Crippen molar-refractivity contribution < 1.29 is 31.5 Å². The number of halogens is 6. The number of fused-ring (bicyclic) bond motifs is 1. The average Bonchev–Trinajstić information content (AvgIpc) is 3.24. The number of ether oxygens (including phenoxy) is 1. The van der Waals surface area contributed by atoms with Gasteiger partial charge in [-0.3, -0.25) is 14.5 Å². The molecule has 0 radical (unpaired) electrons. The van der Waals surface area contributed by atoms with Gasteiger partial charge < -0.3 is 15.8 Å². The Kier molecular flexibility index (Phi) is 7.57. The Morgan fingerprint density at radius 2 is 1.83 bits per heavy atom. The Hall–Kier alpha value is -4.97. The first-order valence-electron chi connectivity index (χ1n) is 12.1. The molecule has 0 saturated heterocycles. The zero-order valence-electron chi connectivity index (χ0n) is 21.5. The molecule has 3 N–H and O–H groups in total. The van der Waals surface area contributed by atoms with E-state index in [9.17, 15) is 26.7 Å². The van der Waals surface area contributed by atoms with Crippen LogP contribution in [0.4, 0.5) is 33.5 Å². The van der Waals surface area contributed by atoms with E-state index < -0.39 is 34.8 Å². The lowest BCUT2D eigenvalue weighted by molar-refractivity contribution is -0.137. The lowest BCUT2D eigenvalue weighted by atomic mass is 10.1. The minimum Gasteiger partial charge on any atom is -0.453 e. The first-order chi connectivity index (χ1) is 19.9. The van der Waals surface area contributed by atoms with Crippen LogP contribution in [0.1, 0.15) is 27.2 Å². The number of carbonyl (C=O) groups excluding carboxylic acids is 1. The van der Waals surface area contributed by atoms with Gasteiger partial charge in [0.15, 0.2) is 11.6 Å². The number of nitrogens with one attached hydrogen (secondary N) is 1. The van der Waals surface area contributed by atoms with Crippen molar-refractivity contribution in [3.63, 3.8) is 0 Å². The van der Waals surface area contributed by atoms with E-state index in [2.05, 4.69) is 15.4 Å². The van der Waals surface area contributed by atoms with E-state index in [1.165, 1.54) is 16.8 Å². The minimum absolute atomic E-state index is 0.0170. The van der Waals surface area contributed by atoms with Crippen LogP contribution in [0.2, 0.25) is 5.02 Å². The molecule has 2 heterocycles. The largest absolute Gasteiger partial charge is 0.453 e. The summed E-state index contributed by atoms with van der Waals surface area (Å²) in [5, 5.41) is 6.93. The fourth-order valence-corrected chi connectivity index (χ4v) is 4.40. The lowest BCUT2D eigenvalue weighted by Gasteiger charge is -2.17. The van der Waals surface area contributed by atoms with E-state index in [1.807, 2.05) is 0 Å². The number of nitrogen functional groups attached to an aromatic ring is 1. The van der Waals surface area contributed by atoms with Crippen molar-refractivity contribution in [3.05, 3.63) is 106 Å². The van der Waals surface area contributed by atoms with E-state index in [4.69, 9.17) is 22.1 Å². The summed E-state index contributed by atoms with van der Waals surface area (Å²) in [7, 11) is 1.61. The molecule has 0 aliphatic rings. The average molecular weight is 600 g/mol. The normalized spacial score (nSPS) is 11.8. The first kappa shape index (κ1) is 28.6. The van der Waals surface area contributed by atoms with Crippen LogP contribution in [0, 0.1) is 11.6 Å². The molecule has 0 atom stereocenters. The van der Waals surface area contributed by atoms with E-state index in [1.54, 1.807) is 43.6 Å². The van der Waals surface area contributed by atoms with Crippen LogP contribution in [0.5, 0.6) is 11.5 Å². The molecule has 0 spiro atoms. The standard InChI is InChI=1S/C29H19ClF5N5O2/c1-40-25-15(5-7-20-4-2-3-9-37-20)12-22(38-28(41)16-10-17(29(33,34)35)13-19(32)11-16)26(24(25)27(36)39-40)42-23-14-18(31)6-8-21(23)30/h2-14H,1H3,(H2,36,39)(H,38,41)/b7-5+. The van der Waals surface area contributed by atoms with Gasteiger partial charge >= 0.3 is 6.18 Å². The Bertz CT molecular complexity index is 1860. The number of nitrogens with two attached hydrogens (primary N) is 1. The molecule has 0 bridgehead atoms. The fourth-order valence-electron chi connectivity index (χ4n) is 4.24. The van der Waals surface area contributed by atoms with E-state index in [0.29, 0.717) is 28.9 Å². The van der Waals surface area contributed by atoms with Crippen molar-refractivity contribution in [2.75, 3.05) is 11.1 Å². The number of aromatic nitrogens is 3. The summed E-state index contributed by atoms with van der Waals surface area (Å²) in [5.41, 5.74) is 5.66. The Balaban J connectivity index is 1.69. The minimum atomic E-state index is -4.90. The van der Waals surface area contributed by atoms with Gasteiger partial charge in [0.2, 0.25) is 0 Å². The number of anilines is 2. The second kappa shape index (κ2) is 11.1. The molecule has 0 fully saturated rings. The number of alkyl halides is 3. The van der Waals surface area contributed by atoms with Crippen LogP contribution >= 0.6 is 11.6 Å². The van der Waals surface area contributed by atoms with Crippen LogP contribution in [0.15, 0.2) is 66.9 Å². The molecule has 0 saturated carbocycles. The fraction of sp³-hybridized carbons (Fsp3) is 0.0690. The number of pyridine rings is 1. The molecule has 2 aromatic heterocycles. The number of benzene rings is 3. The van der Waals surface area contributed by atoms with Gasteiger partial charge in [-0.05, 0) is 54.6 Å². The van der Waals surface area contributed by atoms with Gasteiger partial charge in [0.05, 0.1) is 32.9 Å². The summed E-state index contributed by atoms with van der Waals surface area (Å²) in [6.45, 7) is 0. The SMILES string of the molecule is Cn1nc(N)c2c(Oc3cc(F)ccc3Cl)c(NC(=O)c3cc(F)cc(C(F)(F)F)c3)cc(/C=C/c3ccccn3)c21. The molecule has 0 unspecified atom stereocenters. The lowest BCUT2D eigenvalue weighted by Crippen LogP contribution is -2.15. The van der Waals surface area contributed by atoms with E-state index in [0.717, 1.165) is 12.1 Å². The first-order valence-corrected chi connectivity index (χ1v) is 12.5.